The van der Waals surface area contributed by atoms with Crippen molar-refractivity contribution in [3.05, 3.63) is 44.4 Å². The lowest BCUT2D eigenvalue weighted by Crippen LogP contribution is -1.94. The van der Waals surface area contributed by atoms with Crippen molar-refractivity contribution in [1.82, 2.24) is 4.98 Å². The number of carboxylic acid groups (broad SMARTS) is 1. The molecule has 1 N–H and O–H groups in total. The van der Waals surface area contributed by atoms with Gasteiger partial charge in [-0.05, 0) is 19.4 Å². The number of aromatic carboxylic acids is 1. The first-order valence-electron chi connectivity index (χ1n) is 5.52. The largest absolute Gasteiger partial charge is 0.477 e. The summed E-state index contributed by atoms with van der Waals surface area (Å²) in [7, 11) is 0. The van der Waals surface area contributed by atoms with Crippen LogP contribution in [-0.2, 0) is 0 Å². The summed E-state index contributed by atoms with van der Waals surface area (Å²) in [6, 6.07) is 4.81. The number of aromatic nitrogens is 1. The molecule has 0 atom stereocenters. The molecule has 0 bridgehead atoms. The standard InChI is InChI=1S/C12H10N2O4S2/c1-6-4-3-5-8(14(17)18)9(6)19-12-13-7(2)10(20-12)11(15)16/h3-5H,1-2H3,(H,15,16). The Kier molecular flexibility index (Phi) is 4.05. The second-order valence-corrected chi connectivity index (χ2v) is 6.24. The Balaban J connectivity index is 2.42. The van der Waals surface area contributed by atoms with Gasteiger partial charge in [0.2, 0.25) is 0 Å². The second-order valence-electron chi connectivity index (χ2n) is 3.98. The number of nitro benzene ring substituents is 1. The molecule has 0 saturated heterocycles. The molecule has 6 nitrogen and oxygen atoms in total. The number of aryl methyl sites for hydroxylation is 2. The van der Waals surface area contributed by atoms with Gasteiger partial charge in [-0.2, -0.15) is 0 Å². The summed E-state index contributed by atoms with van der Waals surface area (Å²) in [4.78, 5) is 26.3. The molecule has 0 spiro atoms. The minimum atomic E-state index is -1.04. The van der Waals surface area contributed by atoms with Crippen LogP contribution in [0.1, 0.15) is 20.9 Å². The van der Waals surface area contributed by atoms with Gasteiger partial charge in [-0.25, -0.2) is 9.78 Å². The molecule has 0 fully saturated rings. The number of nitro groups is 1. The fraction of sp³-hybridized carbons (Fsp3) is 0.167. The van der Waals surface area contributed by atoms with Crippen molar-refractivity contribution in [1.29, 1.82) is 0 Å². The number of hydrogen-bond donors (Lipinski definition) is 1. The van der Waals surface area contributed by atoms with Gasteiger partial charge in [0.05, 0.1) is 15.5 Å². The third-order valence-corrected chi connectivity index (χ3v) is 4.99. The molecule has 2 aromatic rings. The van der Waals surface area contributed by atoms with Crippen molar-refractivity contribution in [2.75, 3.05) is 0 Å². The topological polar surface area (TPSA) is 93.3 Å². The lowest BCUT2D eigenvalue weighted by atomic mass is 10.2. The van der Waals surface area contributed by atoms with Crippen molar-refractivity contribution >= 4 is 34.8 Å². The van der Waals surface area contributed by atoms with E-state index in [9.17, 15) is 14.9 Å². The van der Waals surface area contributed by atoms with Crippen LogP contribution in [-0.4, -0.2) is 21.0 Å². The summed E-state index contributed by atoms with van der Waals surface area (Å²) in [6.45, 7) is 3.38. The predicted molar refractivity (Wildman–Crippen MR) is 75.8 cm³/mol. The van der Waals surface area contributed by atoms with E-state index in [2.05, 4.69) is 4.98 Å². The molecule has 1 aromatic carbocycles. The van der Waals surface area contributed by atoms with Gasteiger partial charge in [-0.15, -0.1) is 11.3 Å². The maximum atomic E-state index is 11.0. The van der Waals surface area contributed by atoms with Crippen molar-refractivity contribution < 1.29 is 14.8 Å². The molecule has 1 heterocycles. The zero-order chi connectivity index (χ0) is 14.9. The van der Waals surface area contributed by atoms with Gasteiger partial charge in [0.25, 0.3) is 5.69 Å². The van der Waals surface area contributed by atoms with Gasteiger partial charge in [-0.1, -0.05) is 23.9 Å². The van der Waals surface area contributed by atoms with Gasteiger partial charge in [0.15, 0.2) is 4.34 Å². The van der Waals surface area contributed by atoms with Gasteiger partial charge >= 0.3 is 5.97 Å². The van der Waals surface area contributed by atoms with E-state index < -0.39 is 10.9 Å². The van der Waals surface area contributed by atoms with Gasteiger partial charge in [-0.3, -0.25) is 10.1 Å². The van der Waals surface area contributed by atoms with Crippen LogP contribution >= 0.6 is 23.1 Å². The molecule has 0 saturated carbocycles. The molecule has 1 aromatic heterocycles. The Bertz CT molecular complexity index is 697. The summed E-state index contributed by atoms with van der Waals surface area (Å²) >= 11 is 2.15. The van der Waals surface area contributed by atoms with Crippen LogP contribution in [0.3, 0.4) is 0 Å². The van der Waals surface area contributed by atoms with E-state index in [4.69, 9.17) is 5.11 Å². The van der Waals surface area contributed by atoms with Crippen LogP contribution in [0.2, 0.25) is 0 Å². The minimum Gasteiger partial charge on any atom is -0.477 e. The van der Waals surface area contributed by atoms with Crippen LogP contribution in [0.4, 0.5) is 5.69 Å². The third-order valence-electron chi connectivity index (χ3n) is 2.55. The Morgan fingerprint density at radius 1 is 1.45 bits per heavy atom. The van der Waals surface area contributed by atoms with Crippen LogP contribution in [0.15, 0.2) is 27.4 Å². The maximum absolute atomic E-state index is 11.0. The summed E-state index contributed by atoms with van der Waals surface area (Å²) in [5.41, 5.74) is 1.18. The second kappa shape index (κ2) is 5.59. The first kappa shape index (κ1) is 14.5. The zero-order valence-electron chi connectivity index (χ0n) is 10.6. The summed E-state index contributed by atoms with van der Waals surface area (Å²) in [5.74, 6) is -1.04. The lowest BCUT2D eigenvalue weighted by molar-refractivity contribution is -0.387. The monoisotopic (exact) mass is 310 g/mol. The van der Waals surface area contributed by atoms with Gasteiger partial charge in [0.1, 0.15) is 4.88 Å². The van der Waals surface area contributed by atoms with Crippen LogP contribution in [0, 0.1) is 24.0 Å². The highest BCUT2D eigenvalue weighted by atomic mass is 32.2. The number of rotatable bonds is 4. The van der Waals surface area contributed by atoms with Crippen molar-refractivity contribution in [3.8, 4) is 0 Å². The molecule has 104 valence electrons. The SMILES string of the molecule is Cc1cccc([N+](=O)[O-])c1Sc1nc(C)c(C(=O)O)s1. The number of benzene rings is 1. The maximum Gasteiger partial charge on any atom is 0.347 e. The highest BCUT2D eigenvalue weighted by Gasteiger charge is 2.20. The first-order valence-corrected chi connectivity index (χ1v) is 7.16. The van der Waals surface area contributed by atoms with E-state index in [1.165, 1.54) is 6.07 Å². The molecule has 0 amide bonds. The summed E-state index contributed by atoms with van der Waals surface area (Å²) < 4.78 is 0.484. The zero-order valence-corrected chi connectivity index (χ0v) is 12.2. The average molecular weight is 310 g/mol. The fourth-order valence-electron chi connectivity index (χ4n) is 1.61. The van der Waals surface area contributed by atoms with E-state index in [-0.39, 0.29) is 10.6 Å². The molecule has 0 aliphatic rings. The number of nitrogens with zero attached hydrogens (tertiary/aromatic N) is 2. The first-order chi connectivity index (χ1) is 9.40. The van der Waals surface area contributed by atoms with Gasteiger partial charge < -0.3 is 5.11 Å². The van der Waals surface area contributed by atoms with E-state index in [1.54, 1.807) is 26.0 Å². The number of carbonyl (C=O) groups is 1. The van der Waals surface area contributed by atoms with E-state index in [0.717, 1.165) is 28.7 Å². The minimum absolute atomic E-state index is 0.000252. The molecule has 0 aliphatic carbocycles. The smallest absolute Gasteiger partial charge is 0.347 e. The Morgan fingerprint density at radius 2 is 2.15 bits per heavy atom. The predicted octanol–water partition coefficient (Wildman–Crippen LogP) is 3.52. The summed E-state index contributed by atoms with van der Waals surface area (Å²) in [6.07, 6.45) is 0. The highest BCUT2D eigenvalue weighted by molar-refractivity contribution is 8.01. The van der Waals surface area contributed by atoms with Crippen LogP contribution in [0.5, 0.6) is 0 Å². The fourth-order valence-corrected chi connectivity index (χ4v) is 3.75. The van der Waals surface area contributed by atoms with Crippen LogP contribution < -0.4 is 0 Å². The average Bonchev–Trinajstić information content (AvgIpc) is 2.72. The highest BCUT2D eigenvalue weighted by Crippen LogP contribution is 2.39. The Labute approximate surface area is 122 Å². The van der Waals surface area contributed by atoms with E-state index in [1.807, 2.05) is 0 Å². The molecular formula is C12H10N2O4S2. The Morgan fingerprint density at radius 3 is 2.70 bits per heavy atom. The van der Waals surface area contributed by atoms with E-state index >= 15 is 0 Å². The van der Waals surface area contributed by atoms with Crippen molar-refractivity contribution in [2.45, 2.75) is 23.1 Å². The quantitative estimate of drug-likeness (QED) is 0.686. The van der Waals surface area contributed by atoms with Gasteiger partial charge in [0, 0.05) is 6.07 Å². The lowest BCUT2D eigenvalue weighted by Gasteiger charge is -2.03. The molecular weight excluding hydrogens is 300 g/mol. The molecule has 0 aliphatic heterocycles. The summed E-state index contributed by atoms with van der Waals surface area (Å²) in [5, 5.41) is 20.0. The Hall–Kier alpha value is -1.93. The van der Waals surface area contributed by atoms with Crippen molar-refractivity contribution in [3.63, 3.8) is 0 Å². The van der Waals surface area contributed by atoms with Crippen LogP contribution in [0.25, 0.3) is 0 Å². The molecule has 0 radical (unpaired) electrons. The third kappa shape index (κ3) is 2.81. The molecule has 2 rings (SSSR count). The number of carboxylic acids is 1. The number of hydrogen-bond acceptors (Lipinski definition) is 6. The van der Waals surface area contributed by atoms with Crippen molar-refractivity contribution in [2.24, 2.45) is 0 Å². The van der Waals surface area contributed by atoms with E-state index in [0.29, 0.717) is 14.9 Å². The molecule has 20 heavy (non-hydrogen) atoms. The molecule has 0 unspecified atom stereocenters. The number of thiazole rings is 1. The normalized spacial score (nSPS) is 10.5. The molecule has 8 heteroatoms.